The van der Waals surface area contributed by atoms with Gasteiger partial charge in [0.05, 0.1) is 15.6 Å². The van der Waals surface area contributed by atoms with E-state index in [-0.39, 0.29) is 10.7 Å². The Bertz CT molecular complexity index is 1120. The summed E-state index contributed by atoms with van der Waals surface area (Å²) in [6.07, 6.45) is -2.12. The molecule has 0 aliphatic heterocycles. The van der Waals surface area contributed by atoms with Crippen molar-refractivity contribution in [2.75, 3.05) is 0 Å². The van der Waals surface area contributed by atoms with Crippen LogP contribution in [0.4, 0.5) is 13.2 Å². The molecule has 0 aliphatic carbocycles. The van der Waals surface area contributed by atoms with Crippen LogP contribution < -0.4 is 0 Å². The average Bonchev–Trinajstić information content (AvgIpc) is 3.21. The van der Waals surface area contributed by atoms with Crippen molar-refractivity contribution < 1.29 is 13.2 Å². The number of hydrogen-bond donors (Lipinski definition) is 0. The number of fused-ring (bicyclic) bond motifs is 1. The molecule has 0 bridgehead atoms. The van der Waals surface area contributed by atoms with Gasteiger partial charge < -0.3 is 4.40 Å². The van der Waals surface area contributed by atoms with Crippen LogP contribution in [0.5, 0.6) is 0 Å². The monoisotopic (exact) mass is 414 g/mol. The Morgan fingerprint density at radius 2 is 1.69 bits per heavy atom. The third kappa shape index (κ3) is 3.04. The lowest BCUT2D eigenvalue weighted by atomic mass is 10.2. The molecule has 3 heterocycles. The number of aromatic nitrogens is 4. The molecule has 0 spiro atoms. The van der Waals surface area contributed by atoms with Gasteiger partial charge in [0.25, 0.3) is 0 Å². The van der Waals surface area contributed by atoms with Crippen LogP contribution in [-0.2, 0) is 6.18 Å². The highest BCUT2D eigenvalue weighted by Crippen LogP contribution is 2.35. The third-order valence-electron chi connectivity index (χ3n) is 3.58. The minimum atomic E-state index is -4.50. The van der Waals surface area contributed by atoms with E-state index in [0.29, 0.717) is 20.7 Å². The first-order chi connectivity index (χ1) is 12.3. The van der Waals surface area contributed by atoms with Gasteiger partial charge in [0, 0.05) is 18.0 Å². The summed E-state index contributed by atoms with van der Waals surface area (Å²) in [6, 6.07) is 8.02. The topological polar surface area (TPSA) is 43.1 Å². The number of benzene rings is 1. The molecule has 0 unspecified atom stereocenters. The Hall–Kier alpha value is -2.16. The highest BCUT2D eigenvalue weighted by atomic mass is 35.5. The van der Waals surface area contributed by atoms with E-state index in [9.17, 15) is 13.2 Å². The zero-order valence-electron chi connectivity index (χ0n) is 12.6. The molecule has 132 valence electrons. The van der Waals surface area contributed by atoms with Gasteiger partial charge in [-0.25, -0.2) is 4.98 Å². The molecule has 1 aromatic carbocycles. The van der Waals surface area contributed by atoms with Crippen molar-refractivity contribution in [2.24, 2.45) is 0 Å². The van der Waals surface area contributed by atoms with E-state index in [4.69, 9.17) is 23.2 Å². The number of nitrogens with zero attached hydrogens (tertiary/aromatic N) is 4. The Kier molecular flexibility index (Phi) is 4.13. The maximum atomic E-state index is 12.9. The maximum absolute atomic E-state index is 12.9. The van der Waals surface area contributed by atoms with Crippen LogP contribution in [0.25, 0.3) is 26.9 Å². The largest absolute Gasteiger partial charge is 0.417 e. The van der Waals surface area contributed by atoms with E-state index in [1.807, 2.05) is 12.1 Å². The molecule has 0 saturated heterocycles. The van der Waals surface area contributed by atoms with Crippen LogP contribution in [0.1, 0.15) is 5.56 Å². The number of imidazole rings is 1. The molecule has 3 aromatic heterocycles. The van der Waals surface area contributed by atoms with Gasteiger partial charge in [-0.1, -0.05) is 52.7 Å². The lowest BCUT2D eigenvalue weighted by Crippen LogP contribution is -2.06. The van der Waals surface area contributed by atoms with Crippen molar-refractivity contribution in [3.8, 4) is 21.3 Å². The zero-order valence-corrected chi connectivity index (χ0v) is 15.0. The standard InChI is InChI=1S/C16H7Cl2F3N4S/c17-10-4-2-1-3-9(10)14-23-24-15(26-14)12-7-25-6-8(16(19,20)21)5-11(18)13(25)22-12/h1-7H. The smallest absolute Gasteiger partial charge is 0.305 e. The third-order valence-corrected chi connectivity index (χ3v) is 5.17. The van der Waals surface area contributed by atoms with Gasteiger partial charge in [0.15, 0.2) is 10.7 Å². The van der Waals surface area contributed by atoms with Gasteiger partial charge in [0.2, 0.25) is 0 Å². The number of pyridine rings is 1. The normalized spacial score (nSPS) is 12.0. The first-order valence-corrected chi connectivity index (χ1v) is 8.74. The first kappa shape index (κ1) is 17.3. The fourth-order valence-electron chi connectivity index (χ4n) is 2.39. The van der Waals surface area contributed by atoms with Gasteiger partial charge in [-0.05, 0) is 12.1 Å². The van der Waals surface area contributed by atoms with E-state index in [1.54, 1.807) is 12.1 Å². The second kappa shape index (κ2) is 6.22. The van der Waals surface area contributed by atoms with Crippen LogP contribution in [0, 0.1) is 0 Å². The summed E-state index contributed by atoms with van der Waals surface area (Å²) in [5.74, 6) is 0. The van der Waals surface area contributed by atoms with E-state index in [1.165, 1.54) is 21.9 Å². The van der Waals surface area contributed by atoms with Gasteiger partial charge in [-0.15, -0.1) is 10.2 Å². The van der Waals surface area contributed by atoms with Gasteiger partial charge in [-0.2, -0.15) is 13.2 Å². The van der Waals surface area contributed by atoms with Gasteiger partial charge in [0.1, 0.15) is 10.7 Å². The number of hydrogen-bond acceptors (Lipinski definition) is 4. The number of alkyl halides is 3. The Morgan fingerprint density at radius 3 is 2.42 bits per heavy atom. The van der Waals surface area contributed by atoms with Crippen molar-refractivity contribution >= 4 is 40.2 Å². The minimum absolute atomic E-state index is 0.0954. The van der Waals surface area contributed by atoms with Crippen LogP contribution in [0.3, 0.4) is 0 Å². The predicted molar refractivity (Wildman–Crippen MR) is 94.6 cm³/mol. The van der Waals surface area contributed by atoms with E-state index < -0.39 is 11.7 Å². The fourth-order valence-corrected chi connectivity index (χ4v) is 3.76. The lowest BCUT2D eigenvalue weighted by Gasteiger charge is -2.07. The molecule has 0 saturated carbocycles. The molecule has 0 radical (unpaired) electrons. The van der Waals surface area contributed by atoms with Crippen LogP contribution in [0.15, 0.2) is 42.7 Å². The molecule has 0 atom stereocenters. The van der Waals surface area contributed by atoms with Gasteiger partial charge >= 0.3 is 6.18 Å². The van der Waals surface area contributed by atoms with Crippen molar-refractivity contribution in [2.45, 2.75) is 6.18 Å². The molecule has 4 aromatic rings. The minimum Gasteiger partial charge on any atom is -0.305 e. The Balaban J connectivity index is 1.79. The lowest BCUT2D eigenvalue weighted by molar-refractivity contribution is -0.137. The molecular weight excluding hydrogens is 408 g/mol. The van der Waals surface area contributed by atoms with Crippen molar-refractivity contribution in [1.29, 1.82) is 0 Å². The molecule has 0 fully saturated rings. The summed E-state index contributed by atoms with van der Waals surface area (Å²) >= 11 is 13.3. The molecule has 0 N–H and O–H groups in total. The predicted octanol–water partition coefficient (Wildman–Crippen LogP) is 5.85. The van der Waals surface area contributed by atoms with Crippen LogP contribution in [0.2, 0.25) is 10.0 Å². The molecule has 0 aliphatic rings. The maximum Gasteiger partial charge on any atom is 0.417 e. The second-order valence-corrected chi connectivity index (χ2v) is 7.12. The van der Waals surface area contributed by atoms with Crippen LogP contribution >= 0.6 is 34.5 Å². The molecule has 0 amide bonds. The summed E-state index contributed by atoms with van der Waals surface area (Å²) < 4.78 is 40.0. The molecule has 10 heteroatoms. The summed E-state index contributed by atoms with van der Waals surface area (Å²) in [4.78, 5) is 4.27. The number of rotatable bonds is 2. The first-order valence-electron chi connectivity index (χ1n) is 7.17. The quantitative estimate of drug-likeness (QED) is 0.413. The van der Waals surface area contributed by atoms with Gasteiger partial charge in [-0.3, -0.25) is 0 Å². The Labute approximate surface area is 158 Å². The van der Waals surface area contributed by atoms with E-state index >= 15 is 0 Å². The van der Waals surface area contributed by atoms with Crippen molar-refractivity contribution in [3.05, 3.63) is 58.3 Å². The summed E-state index contributed by atoms with van der Waals surface area (Å²) in [5.41, 5.74) is 0.457. The molecule has 4 nitrogen and oxygen atoms in total. The van der Waals surface area contributed by atoms with Crippen molar-refractivity contribution in [1.82, 2.24) is 19.6 Å². The second-order valence-electron chi connectivity index (χ2n) is 5.32. The molecule has 26 heavy (non-hydrogen) atoms. The van der Waals surface area contributed by atoms with Crippen LogP contribution in [-0.4, -0.2) is 19.6 Å². The van der Waals surface area contributed by atoms with E-state index in [0.717, 1.165) is 17.8 Å². The highest BCUT2D eigenvalue weighted by Gasteiger charge is 2.32. The summed E-state index contributed by atoms with van der Waals surface area (Å²) in [7, 11) is 0. The number of halogens is 5. The van der Waals surface area contributed by atoms with E-state index in [2.05, 4.69) is 15.2 Å². The summed E-state index contributed by atoms with van der Waals surface area (Å²) in [5, 5.41) is 9.64. The summed E-state index contributed by atoms with van der Waals surface area (Å²) in [6.45, 7) is 0. The molecular formula is C16H7Cl2F3N4S. The SMILES string of the molecule is FC(F)(F)c1cc(Cl)c2nc(-c3nnc(-c4ccccc4Cl)s3)cn2c1. The molecule has 4 rings (SSSR count). The average molecular weight is 415 g/mol. The Morgan fingerprint density at radius 1 is 0.962 bits per heavy atom. The highest BCUT2D eigenvalue weighted by molar-refractivity contribution is 7.18. The zero-order chi connectivity index (χ0) is 18.5. The fraction of sp³-hybridized carbons (Fsp3) is 0.0625. The van der Waals surface area contributed by atoms with Crippen molar-refractivity contribution in [3.63, 3.8) is 0 Å².